The van der Waals surface area contributed by atoms with Crippen molar-refractivity contribution in [3.05, 3.63) is 89.9 Å². The van der Waals surface area contributed by atoms with E-state index in [9.17, 15) is 14.4 Å². The maximum Gasteiger partial charge on any atom is 0.255 e. The number of hydrogen-bond donors (Lipinski definition) is 2. The predicted octanol–water partition coefficient (Wildman–Crippen LogP) is 6.15. The lowest BCUT2D eigenvalue weighted by atomic mass is 9.82. The van der Waals surface area contributed by atoms with Crippen LogP contribution >= 0.6 is 0 Å². The molecule has 316 valence electrons. The summed E-state index contributed by atoms with van der Waals surface area (Å²) in [7, 11) is 3.18. The van der Waals surface area contributed by atoms with E-state index >= 15 is 0 Å². The number of nitrogens with one attached hydrogen (secondary N) is 2. The number of hydrazone groups is 1. The van der Waals surface area contributed by atoms with Gasteiger partial charge in [-0.25, -0.2) is 15.0 Å². The number of ether oxygens (including phenoxy) is 5. The summed E-state index contributed by atoms with van der Waals surface area (Å²) in [6.45, 7) is 5.30. The van der Waals surface area contributed by atoms with E-state index in [0.29, 0.717) is 95.9 Å². The second-order valence-corrected chi connectivity index (χ2v) is 16.7. The molecule has 1 saturated heterocycles. The number of aromatic amines is 1. The minimum Gasteiger partial charge on any atom is -0.493 e. The molecule has 15 nitrogen and oxygen atoms in total. The summed E-state index contributed by atoms with van der Waals surface area (Å²) >= 11 is 0. The molecule has 0 spiro atoms. The number of carbonyl (C=O) groups is 3. The van der Waals surface area contributed by atoms with Crippen molar-refractivity contribution in [3.8, 4) is 40.0 Å². The maximum absolute atomic E-state index is 14.5. The van der Waals surface area contributed by atoms with Gasteiger partial charge in [0.2, 0.25) is 18.6 Å². The fraction of sp³-hybridized carbons (Fsp3) is 0.391. The average Bonchev–Trinajstić information content (AvgIpc) is 3.80. The summed E-state index contributed by atoms with van der Waals surface area (Å²) in [5.41, 5.74) is 4.15. The second kappa shape index (κ2) is 16.4. The van der Waals surface area contributed by atoms with Gasteiger partial charge in [0.05, 0.1) is 54.6 Å². The van der Waals surface area contributed by atoms with Crippen LogP contribution in [0.1, 0.15) is 67.4 Å². The summed E-state index contributed by atoms with van der Waals surface area (Å²) in [5.74, 6) is 2.69. The SMILES string of the molecule is COc1ccc(C2=NN(C3CCN(C(=O)[C@@H](Cc4ccccc4)NC(=O)c4c[nH]c5c(-c6c(OCC7CC7)ccc7c6OCO7)ncnc45)CC3)C(=O)C(C)(C)C2)cc1OC. The normalized spacial score (nSPS) is 17.8. The molecule has 1 saturated carbocycles. The Morgan fingerprint density at radius 2 is 1.72 bits per heavy atom. The van der Waals surface area contributed by atoms with Crippen LogP contribution < -0.4 is 29.0 Å². The van der Waals surface area contributed by atoms with Crippen LogP contribution in [0.4, 0.5) is 0 Å². The van der Waals surface area contributed by atoms with Crippen molar-refractivity contribution in [2.24, 2.45) is 16.4 Å². The van der Waals surface area contributed by atoms with E-state index in [4.69, 9.17) is 28.8 Å². The first kappa shape index (κ1) is 39.8. The molecule has 4 aliphatic rings. The Morgan fingerprint density at radius 3 is 2.48 bits per heavy atom. The molecule has 61 heavy (non-hydrogen) atoms. The largest absolute Gasteiger partial charge is 0.493 e. The van der Waals surface area contributed by atoms with E-state index in [1.165, 1.54) is 6.33 Å². The van der Waals surface area contributed by atoms with Crippen LogP contribution in [0.5, 0.6) is 28.7 Å². The molecule has 9 rings (SSSR count). The molecule has 3 aromatic carbocycles. The Kier molecular flexibility index (Phi) is 10.7. The summed E-state index contributed by atoms with van der Waals surface area (Å²) in [4.78, 5) is 56.7. The lowest BCUT2D eigenvalue weighted by Gasteiger charge is -2.42. The van der Waals surface area contributed by atoms with Crippen LogP contribution in [-0.2, 0) is 16.0 Å². The zero-order valence-corrected chi connectivity index (χ0v) is 34.7. The Hall–Kier alpha value is -6.64. The minimum atomic E-state index is -0.881. The first-order valence-electron chi connectivity index (χ1n) is 20.8. The van der Waals surface area contributed by atoms with E-state index in [-0.39, 0.29) is 36.6 Å². The number of methoxy groups -OCH3 is 2. The van der Waals surface area contributed by atoms with Crippen molar-refractivity contribution >= 4 is 34.5 Å². The number of rotatable bonds is 13. The van der Waals surface area contributed by atoms with Crippen molar-refractivity contribution in [1.82, 2.24) is 30.2 Å². The van der Waals surface area contributed by atoms with E-state index in [1.54, 1.807) is 30.3 Å². The maximum atomic E-state index is 14.5. The third-order valence-electron chi connectivity index (χ3n) is 12.0. The lowest BCUT2D eigenvalue weighted by Crippen LogP contribution is -2.55. The highest BCUT2D eigenvalue weighted by molar-refractivity contribution is 6.09. The van der Waals surface area contributed by atoms with Crippen LogP contribution in [0.2, 0.25) is 0 Å². The average molecular weight is 828 g/mol. The molecule has 3 amide bonds. The molecule has 0 bridgehead atoms. The third kappa shape index (κ3) is 7.91. The first-order chi connectivity index (χ1) is 29.6. The van der Waals surface area contributed by atoms with Crippen molar-refractivity contribution < 1.29 is 38.1 Å². The summed E-state index contributed by atoms with van der Waals surface area (Å²) in [6, 6.07) is 17.8. The molecule has 2 aromatic heterocycles. The van der Waals surface area contributed by atoms with Gasteiger partial charge in [-0.1, -0.05) is 44.2 Å². The van der Waals surface area contributed by atoms with Crippen LogP contribution in [0.3, 0.4) is 0 Å². The van der Waals surface area contributed by atoms with Gasteiger partial charge in [0, 0.05) is 37.7 Å². The number of H-pyrrole nitrogens is 1. The number of piperidine rings is 1. The van der Waals surface area contributed by atoms with Gasteiger partial charge < -0.3 is 38.9 Å². The van der Waals surface area contributed by atoms with E-state index in [1.807, 2.05) is 74.5 Å². The lowest BCUT2D eigenvalue weighted by molar-refractivity contribution is -0.145. The summed E-state index contributed by atoms with van der Waals surface area (Å²) < 4.78 is 28.9. The highest BCUT2D eigenvalue weighted by Crippen LogP contribution is 2.48. The van der Waals surface area contributed by atoms with Gasteiger partial charge in [-0.15, -0.1) is 0 Å². The number of benzene rings is 3. The molecule has 1 atom stereocenters. The van der Waals surface area contributed by atoms with Gasteiger partial charge in [0.25, 0.3) is 5.91 Å². The number of carbonyl (C=O) groups excluding carboxylic acids is 3. The standard InChI is InChI=1S/C46H49N7O8/c1-46(2)22-33(29-12-13-34(57-3)37(21-29)58-4)51-53(45(46)56)30-16-18-52(19-17-30)44(55)32(20-27-8-6-5-7-9-27)50-43(54)31-23-47-41-39(31)48-25-49-40(41)38-35(59-24-28-10-11-28)14-15-36-42(38)61-26-60-36/h5-9,12-15,21,23,25,28,30,32,47H,10-11,16-20,22,24,26H2,1-4H3,(H,50,54)/t32-/m1/s1. The number of aromatic nitrogens is 3. The van der Waals surface area contributed by atoms with Gasteiger partial charge in [-0.2, -0.15) is 5.10 Å². The van der Waals surface area contributed by atoms with E-state index in [2.05, 4.69) is 20.3 Å². The highest BCUT2D eigenvalue weighted by Gasteiger charge is 2.43. The predicted molar refractivity (Wildman–Crippen MR) is 226 cm³/mol. The van der Waals surface area contributed by atoms with Crippen LogP contribution in [-0.4, -0.2) is 101 Å². The number of nitrogens with zero attached hydrogens (tertiary/aromatic N) is 5. The molecule has 2 N–H and O–H groups in total. The fourth-order valence-electron chi connectivity index (χ4n) is 8.37. The molecular formula is C46H49N7O8. The van der Waals surface area contributed by atoms with Crippen LogP contribution in [0, 0.1) is 11.3 Å². The number of fused-ring (bicyclic) bond motifs is 2. The van der Waals surface area contributed by atoms with Crippen molar-refractivity contribution in [3.63, 3.8) is 0 Å². The van der Waals surface area contributed by atoms with Crippen molar-refractivity contribution in [2.75, 3.05) is 40.7 Å². The highest BCUT2D eigenvalue weighted by atomic mass is 16.7. The molecule has 0 radical (unpaired) electrons. The molecular weight excluding hydrogens is 779 g/mol. The molecule has 0 unspecified atom stereocenters. The number of hydrogen-bond acceptors (Lipinski definition) is 11. The van der Waals surface area contributed by atoms with Gasteiger partial charge in [-0.3, -0.25) is 14.4 Å². The topological polar surface area (TPSA) is 170 Å². The van der Waals surface area contributed by atoms with E-state index < -0.39 is 17.4 Å². The smallest absolute Gasteiger partial charge is 0.255 e. The van der Waals surface area contributed by atoms with Crippen molar-refractivity contribution in [2.45, 2.75) is 64.5 Å². The Labute approximate surface area is 353 Å². The van der Waals surface area contributed by atoms with Crippen LogP contribution in [0.15, 0.2) is 78.3 Å². The molecule has 5 aromatic rings. The zero-order valence-electron chi connectivity index (χ0n) is 34.7. The zero-order chi connectivity index (χ0) is 42.3. The minimum absolute atomic E-state index is 0.0547. The third-order valence-corrected chi connectivity index (χ3v) is 12.0. The fourth-order valence-corrected chi connectivity index (χ4v) is 8.37. The number of amides is 3. The summed E-state index contributed by atoms with van der Waals surface area (Å²) in [6.07, 6.45) is 7.06. The Bertz CT molecular complexity index is 2510. The van der Waals surface area contributed by atoms with Gasteiger partial charge >= 0.3 is 0 Å². The van der Waals surface area contributed by atoms with Crippen molar-refractivity contribution in [1.29, 1.82) is 0 Å². The van der Waals surface area contributed by atoms with Gasteiger partial charge in [-0.05, 0) is 67.5 Å². The van der Waals surface area contributed by atoms with E-state index in [0.717, 1.165) is 29.7 Å². The molecule has 5 heterocycles. The number of likely N-dealkylation sites (tertiary alicyclic amines) is 1. The van der Waals surface area contributed by atoms with Crippen LogP contribution in [0.25, 0.3) is 22.3 Å². The molecule has 1 aliphatic carbocycles. The Balaban J connectivity index is 0.945. The monoisotopic (exact) mass is 827 g/mol. The summed E-state index contributed by atoms with van der Waals surface area (Å²) in [5, 5.41) is 9.59. The van der Waals surface area contributed by atoms with Gasteiger partial charge in [0.1, 0.15) is 29.3 Å². The quantitative estimate of drug-likeness (QED) is 0.140. The molecule has 15 heteroatoms. The second-order valence-electron chi connectivity index (χ2n) is 16.7. The molecule has 2 fully saturated rings. The Morgan fingerprint density at radius 1 is 0.951 bits per heavy atom. The molecule has 3 aliphatic heterocycles. The van der Waals surface area contributed by atoms with Gasteiger partial charge in [0.15, 0.2) is 23.0 Å². The first-order valence-corrected chi connectivity index (χ1v) is 20.8.